The summed E-state index contributed by atoms with van der Waals surface area (Å²) < 4.78 is 19.8. The molecule has 0 aromatic rings. The Bertz CT molecular complexity index is 386. The normalized spacial score (nSPS) is 24.7. The van der Waals surface area contributed by atoms with Crippen LogP contribution in [0.4, 0.5) is 4.79 Å². The SMILES string of the molecule is C=C[C@@H]1CC[C@@H](CCOCOC)N(C(=O)OC)[C@H]1C(=O)OC. The van der Waals surface area contributed by atoms with Crippen molar-refractivity contribution in [2.24, 2.45) is 5.92 Å². The van der Waals surface area contributed by atoms with Crippen LogP contribution in [0.15, 0.2) is 12.7 Å². The van der Waals surface area contributed by atoms with Crippen molar-refractivity contribution in [1.29, 1.82) is 0 Å². The lowest BCUT2D eigenvalue weighted by Crippen LogP contribution is -2.57. The van der Waals surface area contributed by atoms with Crippen LogP contribution in [0, 0.1) is 5.92 Å². The summed E-state index contributed by atoms with van der Waals surface area (Å²) in [7, 11) is 4.15. The highest BCUT2D eigenvalue weighted by molar-refractivity contribution is 5.82. The summed E-state index contributed by atoms with van der Waals surface area (Å²) >= 11 is 0. The average molecular weight is 315 g/mol. The zero-order chi connectivity index (χ0) is 16.5. The van der Waals surface area contributed by atoms with Crippen molar-refractivity contribution in [3.8, 4) is 0 Å². The largest absolute Gasteiger partial charge is 0.467 e. The predicted octanol–water partition coefficient (Wildman–Crippen LogP) is 1.57. The number of hydrogen-bond donors (Lipinski definition) is 0. The fourth-order valence-electron chi connectivity index (χ4n) is 2.78. The number of carbonyl (C=O) groups is 2. The van der Waals surface area contributed by atoms with E-state index < -0.39 is 18.1 Å². The van der Waals surface area contributed by atoms with Gasteiger partial charge in [0.15, 0.2) is 0 Å². The number of esters is 1. The minimum atomic E-state index is -0.712. The van der Waals surface area contributed by atoms with Gasteiger partial charge in [0.2, 0.25) is 0 Å². The third kappa shape index (κ3) is 4.45. The highest BCUT2D eigenvalue weighted by atomic mass is 16.7. The molecule has 1 aliphatic heterocycles. The molecule has 7 heteroatoms. The highest BCUT2D eigenvalue weighted by Gasteiger charge is 2.44. The van der Waals surface area contributed by atoms with Crippen molar-refractivity contribution >= 4 is 12.1 Å². The molecule has 1 saturated heterocycles. The lowest BCUT2D eigenvalue weighted by Gasteiger charge is -2.43. The van der Waals surface area contributed by atoms with Crippen molar-refractivity contribution in [3.63, 3.8) is 0 Å². The van der Waals surface area contributed by atoms with Gasteiger partial charge in [-0.2, -0.15) is 0 Å². The molecule has 3 atom stereocenters. The van der Waals surface area contributed by atoms with Gasteiger partial charge in [0, 0.05) is 19.1 Å². The number of hydrogen-bond acceptors (Lipinski definition) is 6. The summed E-state index contributed by atoms with van der Waals surface area (Å²) in [4.78, 5) is 25.7. The molecular weight excluding hydrogens is 290 g/mol. The van der Waals surface area contributed by atoms with Crippen LogP contribution >= 0.6 is 0 Å². The van der Waals surface area contributed by atoms with E-state index in [-0.39, 0.29) is 18.8 Å². The first-order valence-corrected chi connectivity index (χ1v) is 7.24. The van der Waals surface area contributed by atoms with Crippen LogP contribution in [0.1, 0.15) is 19.3 Å². The molecule has 1 fully saturated rings. The van der Waals surface area contributed by atoms with Crippen LogP contribution in [-0.2, 0) is 23.7 Å². The predicted molar refractivity (Wildman–Crippen MR) is 79.2 cm³/mol. The Labute approximate surface area is 131 Å². The number of ether oxygens (including phenoxy) is 4. The van der Waals surface area contributed by atoms with E-state index in [0.717, 1.165) is 12.8 Å². The second-order valence-corrected chi connectivity index (χ2v) is 5.08. The second kappa shape index (κ2) is 9.42. The molecule has 0 aliphatic carbocycles. The van der Waals surface area contributed by atoms with Crippen LogP contribution in [0.2, 0.25) is 0 Å². The van der Waals surface area contributed by atoms with Crippen LogP contribution in [0.5, 0.6) is 0 Å². The maximum atomic E-state index is 12.2. The number of carbonyl (C=O) groups excluding carboxylic acids is 2. The Kier molecular flexibility index (Phi) is 7.90. The Morgan fingerprint density at radius 3 is 2.50 bits per heavy atom. The number of methoxy groups -OCH3 is 3. The van der Waals surface area contributed by atoms with Crippen LogP contribution in [-0.4, -0.2) is 63.8 Å². The molecule has 1 amide bonds. The van der Waals surface area contributed by atoms with Gasteiger partial charge in [-0.15, -0.1) is 6.58 Å². The molecule has 0 bridgehead atoms. The zero-order valence-corrected chi connectivity index (χ0v) is 13.4. The molecule has 7 nitrogen and oxygen atoms in total. The maximum absolute atomic E-state index is 12.2. The number of likely N-dealkylation sites (tertiary alicyclic amines) is 1. The molecule has 1 rings (SSSR count). The molecule has 1 heterocycles. The molecule has 0 unspecified atom stereocenters. The highest BCUT2D eigenvalue weighted by Crippen LogP contribution is 2.32. The molecule has 1 aliphatic rings. The molecule has 0 radical (unpaired) electrons. The van der Waals surface area contributed by atoms with E-state index in [1.807, 2.05) is 0 Å². The molecule has 0 aromatic carbocycles. The first-order valence-electron chi connectivity index (χ1n) is 7.24. The number of nitrogens with zero attached hydrogens (tertiary/aromatic N) is 1. The minimum absolute atomic E-state index is 0.149. The molecular formula is C15H25NO6. The van der Waals surface area contributed by atoms with Crippen molar-refractivity contribution in [2.75, 3.05) is 34.7 Å². The zero-order valence-electron chi connectivity index (χ0n) is 13.4. The van der Waals surface area contributed by atoms with Gasteiger partial charge < -0.3 is 18.9 Å². The summed E-state index contributed by atoms with van der Waals surface area (Å²) in [5.74, 6) is -0.611. The Morgan fingerprint density at radius 2 is 1.95 bits per heavy atom. The van der Waals surface area contributed by atoms with Gasteiger partial charge in [-0.3, -0.25) is 4.90 Å². The summed E-state index contributed by atoms with van der Waals surface area (Å²) in [6.07, 6.45) is 3.24. The first kappa shape index (κ1) is 18.4. The van der Waals surface area contributed by atoms with Gasteiger partial charge in [-0.05, 0) is 19.3 Å². The van der Waals surface area contributed by atoms with E-state index in [9.17, 15) is 9.59 Å². The molecule has 0 N–H and O–H groups in total. The lowest BCUT2D eigenvalue weighted by atomic mass is 9.84. The van der Waals surface area contributed by atoms with E-state index in [2.05, 4.69) is 6.58 Å². The third-order valence-electron chi connectivity index (χ3n) is 3.86. The van der Waals surface area contributed by atoms with E-state index in [1.54, 1.807) is 13.2 Å². The smallest absolute Gasteiger partial charge is 0.410 e. The first-order chi connectivity index (χ1) is 10.6. The van der Waals surface area contributed by atoms with Crippen molar-refractivity contribution in [3.05, 3.63) is 12.7 Å². The monoisotopic (exact) mass is 315 g/mol. The Hall–Kier alpha value is -1.60. The van der Waals surface area contributed by atoms with Crippen LogP contribution < -0.4 is 0 Å². The molecule has 0 aromatic heterocycles. The number of amides is 1. The summed E-state index contributed by atoms with van der Waals surface area (Å²) in [5, 5.41) is 0. The Morgan fingerprint density at radius 1 is 1.23 bits per heavy atom. The van der Waals surface area contributed by atoms with Crippen molar-refractivity contribution < 1.29 is 28.5 Å². The molecule has 0 saturated carbocycles. The van der Waals surface area contributed by atoms with Gasteiger partial charge >= 0.3 is 12.1 Å². The third-order valence-corrected chi connectivity index (χ3v) is 3.86. The van der Waals surface area contributed by atoms with Crippen LogP contribution in [0.3, 0.4) is 0 Å². The average Bonchev–Trinajstić information content (AvgIpc) is 2.56. The number of piperidine rings is 1. The fraction of sp³-hybridized carbons (Fsp3) is 0.733. The maximum Gasteiger partial charge on any atom is 0.410 e. The minimum Gasteiger partial charge on any atom is -0.467 e. The van der Waals surface area contributed by atoms with E-state index in [0.29, 0.717) is 13.0 Å². The molecule has 22 heavy (non-hydrogen) atoms. The van der Waals surface area contributed by atoms with Gasteiger partial charge in [0.25, 0.3) is 0 Å². The lowest BCUT2D eigenvalue weighted by molar-refractivity contribution is -0.151. The summed E-state index contributed by atoms with van der Waals surface area (Å²) in [5.41, 5.74) is 0. The molecule has 126 valence electrons. The van der Waals surface area contributed by atoms with Gasteiger partial charge in [-0.1, -0.05) is 6.08 Å². The summed E-state index contributed by atoms with van der Waals surface area (Å²) in [6, 6.07) is -0.860. The quantitative estimate of drug-likeness (QED) is 0.307. The van der Waals surface area contributed by atoms with E-state index >= 15 is 0 Å². The second-order valence-electron chi connectivity index (χ2n) is 5.08. The van der Waals surface area contributed by atoms with E-state index in [1.165, 1.54) is 19.1 Å². The fourth-order valence-corrected chi connectivity index (χ4v) is 2.78. The molecule has 0 spiro atoms. The van der Waals surface area contributed by atoms with Crippen LogP contribution in [0.25, 0.3) is 0 Å². The van der Waals surface area contributed by atoms with Crippen molar-refractivity contribution in [2.45, 2.75) is 31.3 Å². The summed E-state index contributed by atoms with van der Waals surface area (Å²) in [6.45, 7) is 4.38. The van der Waals surface area contributed by atoms with Crippen molar-refractivity contribution in [1.82, 2.24) is 4.90 Å². The van der Waals surface area contributed by atoms with Gasteiger partial charge in [0.05, 0.1) is 20.8 Å². The topological polar surface area (TPSA) is 74.3 Å². The number of rotatable bonds is 7. The standard InChI is InChI=1S/C15H25NO6/c1-5-11-6-7-12(8-9-22-10-19-2)16(15(18)21-4)13(11)14(17)20-3/h5,11-13H,1,6-10H2,2-4H3/t11-,12+,13-/m1/s1. The van der Waals surface area contributed by atoms with Gasteiger partial charge in [-0.25, -0.2) is 9.59 Å². The van der Waals surface area contributed by atoms with Gasteiger partial charge in [0.1, 0.15) is 12.8 Å². The van der Waals surface area contributed by atoms with E-state index in [4.69, 9.17) is 18.9 Å². The Balaban J connectivity index is 2.89.